The van der Waals surface area contributed by atoms with Crippen molar-refractivity contribution in [3.05, 3.63) is 230 Å². The predicted octanol–water partition coefficient (Wildman–Crippen LogP) is 18.3. The molecule has 0 aliphatic heterocycles. The number of anilines is 6. The molecular weight excluding hydrogens is 889 g/mol. The molecule has 0 amide bonds. The third-order valence-corrected chi connectivity index (χ3v) is 19.5. The molecule has 0 spiro atoms. The second-order valence-electron chi connectivity index (χ2n) is 22.2. The van der Waals surface area contributed by atoms with Gasteiger partial charge in [0, 0.05) is 38.9 Å². The molecular formula is C67H60N2Si2. The fourth-order valence-electron chi connectivity index (χ4n) is 11.5. The minimum absolute atomic E-state index is 0.323. The molecule has 0 saturated carbocycles. The van der Waals surface area contributed by atoms with Gasteiger partial charge in [-0.25, -0.2) is 0 Å². The van der Waals surface area contributed by atoms with E-state index in [-0.39, 0.29) is 5.41 Å². The van der Waals surface area contributed by atoms with Gasteiger partial charge < -0.3 is 9.80 Å². The highest BCUT2D eigenvalue weighted by molar-refractivity contribution is 6.89. The highest BCUT2D eigenvalue weighted by Crippen LogP contribution is 2.56. The van der Waals surface area contributed by atoms with Crippen LogP contribution in [0.5, 0.6) is 0 Å². The van der Waals surface area contributed by atoms with Crippen LogP contribution in [0.15, 0.2) is 218 Å². The molecule has 0 fully saturated rings. The van der Waals surface area contributed by atoms with Crippen LogP contribution in [0.3, 0.4) is 0 Å². The Morgan fingerprint density at radius 3 is 1.37 bits per heavy atom. The van der Waals surface area contributed by atoms with Crippen molar-refractivity contribution in [3.8, 4) is 22.3 Å². The summed E-state index contributed by atoms with van der Waals surface area (Å²) in [5, 5.41) is 13.0. The molecule has 0 atom stereocenters. The Morgan fingerprint density at radius 2 is 0.803 bits per heavy atom. The summed E-state index contributed by atoms with van der Waals surface area (Å²) >= 11 is 0. The second-order valence-corrected chi connectivity index (χ2v) is 32.3. The van der Waals surface area contributed by atoms with E-state index in [4.69, 9.17) is 0 Å². The lowest BCUT2D eigenvalue weighted by molar-refractivity contribution is 0.645. The van der Waals surface area contributed by atoms with Gasteiger partial charge in [0.1, 0.15) is 0 Å². The van der Waals surface area contributed by atoms with Crippen LogP contribution in [0.25, 0.3) is 65.3 Å². The van der Waals surface area contributed by atoms with Crippen molar-refractivity contribution < 1.29 is 0 Å². The van der Waals surface area contributed by atoms with Gasteiger partial charge in [-0.15, -0.1) is 0 Å². The summed E-state index contributed by atoms with van der Waals surface area (Å²) in [6.45, 7) is 19.4. The van der Waals surface area contributed by atoms with Crippen LogP contribution in [0.1, 0.15) is 25.0 Å². The van der Waals surface area contributed by atoms with Crippen molar-refractivity contribution in [2.75, 3.05) is 9.80 Å². The summed E-state index contributed by atoms with van der Waals surface area (Å²) in [5.41, 5.74) is 14.4. The molecule has 0 bridgehead atoms. The van der Waals surface area contributed by atoms with E-state index in [0.29, 0.717) is 0 Å². The van der Waals surface area contributed by atoms with Crippen LogP contribution in [0, 0.1) is 0 Å². The van der Waals surface area contributed by atoms with Gasteiger partial charge in [0.2, 0.25) is 0 Å². The molecule has 0 heterocycles. The third kappa shape index (κ3) is 7.51. The van der Waals surface area contributed by atoms with Gasteiger partial charge in [-0.3, -0.25) is 0 Å². The van der Waals surface area contributed by atoms with Crippen molar-refractivity contribution in [2.45, 2.75) is 58.5 Å². The average molecular weight is 949 g/mol. The molecule has 0 radical (unpaired) electrons. The van der Waals surface area contributed by atoms with E-state index >= 15 is 0 Å². The fraction of sp³-hybridized carbons (Fsp3) is 0.134. The molecule has 12 rings (SSSR count). The normalized spacial score (nSPS) is 13.2. The summed E-state index contributed by atoms with van der Waals surface area (Å²) in [6, 6.07) is 82.6. The number of nitrogens with zero attached hydrogens (tertiary/aromatic N) is 2. The molecule has 4 heteroatoms. The molecule has 346 valence electrons. The second kappa shape index (κ2) is 16.8. The molecule has 71 heavy (non-hydrogen) atoms. The molecule has 0 unspecified atom stereocenters. The molecule has 0 aromatic heterocycles. The number of fused-ring (bicyclic) bond motifs is 6. The van der Waals surface area contributed by atoms with Gasteiger partial charge in [-0.1, -0.05) is 221 Å². The smallest absolute Gasteiger partial charge is 0.0775 e. The van der Waals surface area contributed by atoms with Crippen molar-refractivity contribution in [3.63, 3.8) is 0 Å². The average Bonchev–Trinajstić information content (AvgIpc) is 3.38. The minimum atomic E-state index is -1.52. The van der Waals surface area contributed by atoms with Crippen molar-refractivity contribution in [2.24, 2.45) is 0 Å². The molecule has 1 aliphatic rings. The zero-order valence-electron chi connectivity index (χ0n) is 42.2. The van der Waals surface area contributed by atoms with E-state index in [2.05, 4.69) is 281 Å². The van der Waals surface area contributed by atoms with E-state index in [1.165, 1.54) is 98.2 Å². The SMILES string of the molecule is CC1(C)c2cc(N(c3ccc([Si](C)(C)C)cc3)c3cccc4ccccc34)ccc2-c2c(-c3ccccc3)c3ccc(N(c4ccc([Si](C)(C)C)cc4)c4cccc5ccccc45)cc3c3cccc1c23. The summed E-state index contributed by atoms with van der Waals surface area (Å²) in [4.78, 5) is 4.97. The van der Waals surface area contributed by atoms with E-state index in [1.54, 1.807) is 0 Å². The zero-order chi connectivity index (χ0) is 48.8. The van der Waals surface area contributed by atoms with Crippen LogP contribution >= 0.6 is 0 Å². The van der Waals surface area contributed by atoms with Crippen molar-refractivity contribution in [1.29, 1.82) is 0 Å². The van der Waals surface area contributed by atoms with Crippen LogP contribution in [-0.4, -0.2) is 16.1 Å². The highest BCUT2D eigenvalue weighted by atomic mass is 28.3. The summed E-state index contributed by atoms with van der Waals surface area (Å²) in [6.07, 6.45) is 0. The van der Waals surface area contributed by atoms with Gasteiger partial charge >= 0.3 is 0 Å². The quantitative estimate of drug-likeness (QED) is 0.105. The van der Waals surface area contributed by atoms with Crippen molar-refractivity contribution in [1.82, 2.24) is 0 Å². The van der Waals surface area contributed by atoms with E-state index < -0.39 is 16.1 Å². The van der Waals surface area contributed by atoms with E-state index in [9.17, 15) is 0 Å². The first-order valence-corrected chi connectivity index (χ1v) is 32.3. The van der Waals surface area contributed by atoms with Gasteiger partial charge in [-0.05, 0) is 126 Å². The lowest BCUT2D eigenvalue weighted by Gasteiger charge is -2.38. The first-order chi connectivity index (χ1) is 34.3. The molecule has 0 N–H and O–H groups in total. The van der Waals surface area contributed by atoms with E-state index in [0.717, 1.165) is 22.7 Å². The number of benzene rings is 11. The zero-order valence-corrected chi connectivity index (χ0v) is 44.2. The maximum absolute atomic E-state index is 2.50. The summed E-state index contributed by atoms with van der Waals surface area (Å²) < 4.78 is 0. The topological polar surface area (TPSA) is 6.48 Å². The summed E-state index contributed by atoms with van der Waals surface area (Å²) in [5.74, 6) is 0. The number of hydrogen-bond acceptors (Lipinski definition) is 2. The lowest BCUT2D eigenvalue weighted by Crippen LogP contribution is -2.37. The lowest BCUT2D eigenvalue weighted by atomic mass is 9.66. The Hall–Kier alpha value is -7.51. The maximum Gasteiger partial charge on any atom is 0.0775 e. The molecule has 0 saturated heterocycles. The molecule has 11 aromatic carbocycles. The van der Waals surface area contributed by atoms with Gasteiger partial charge in [0.05, 0.1) is 27.5 Å². The van der Waals surface area contributed by atoms with Gasteiger partial charge in [0.25, 0.3) is 0 Å². The van der Waals surface area contributed by atoms with Gasteiger partial charge in [0.15, 0.2) is 0 Å². The summed E-state index contributed by atoms with van der Waals surface area (Å²) in [7, 11) is -3.04. The molecule has 11 aromatic rings. The maximum atomic E-state index is 2.50. The Bertz CT molecular complexity index is 3850. The minimum Gasteiger partial charge on any atom is -0.310 e. The van der Waals surface area contributed by atoms with Crippen LogP contribution in [0.2, 0.25) is 39.3 Å². The van der Waals surface area contributed by atoms with Gasteiger partial charge in [-0.2, -0.15) is 0 Å². The van der Waals surface area contributed by atoms with Crippen LogP contribution in [0.4, 0.5) is 34.1 Å². The Balaban J connectivity index is 1.11. The highest BCUT2D eigenvalue weighted by Gasteiger charge is 2.37. The Labute approximate surface area is 421 Å². The molecule has 2 nitrogen and oxygen atoms in total. The Kier molecular flexibility index (Phi) is 10.6. The first-order valence-electron chi connectivity index (χ1n) is 25.3. The number of hydrogen-bond donors (Lipinski definition) is 0. The van der Waals surface area contributed by atoms with Crippen LogP contribution < -0.4 is 20.2 Å². The van der Waals surface area contributed by atoms with Crippen LogP contribution in [-0.2, 0) is 5.41 Å². The fourth-order valence-corrected chi connectivity index (χ4v) is 13.9. The molecule has 1 aliphatic carbocycles. The Morgan fingerprint density at radius 1 is 0.338 bits per heavy atom. The van der Waals surface area contributed by atoms with Crippen molar-refractivity contribution >= 4 is 104 Å². The predicted molar refractivity (Wildman–Crippen MR) is 315 cm³/mol. The first kappa shape index (κ1) is 44.7. The third-order valence-electron chi connectivity index (χ3n) is 15.3. The standard InChI is InChI=1S/C67H60N2Si2/c1-67(2)60-28-18-27-56-59-43-50(68(48-31-37-52(38-32-48)70(3,4)5)62-29-16-23-45-19-12-14-25-54(45)62)35-41-57(59)64(47-21-10-9-11-22-47)66(65(56)60)58-42-36-51(44-61(58)67)69(49-33-39-53(40-34-49)71(6,7)8)63-30-17-24-46-20-13-15-26-55(46)63/h9-44H,1-8H3. The largest absolute Gasteiger partial charge is 0.310 e. The monoisotopic (exact) mass is 948 g/mol. The number of rotatable bonds is 9. The van der Waals surface area contributed by atoms with E-state index in [1.807, 2.05) is 0 Å².